The number of carbonyl (C=O) groups is 12. The zero-order chi connectivity index (χ0) is 88.3. The maximum Gasteiger partial charge on any atom is 0.430 e. The number of alkyl halides is 6. The number of nitrogens with one attached hydrogen (secondary N) is 12. The molecule has 9 heterocycles. The number of carboxylic acid groups (broad SMARTS) is 2. The fraction of sp³-hybridized carbons (Fsp3) is 0.280. The number of ether oxygens (including phenoxy) is 2. The van der Waals surface area contributed by atoms with Crippen LogP contribution in [0, 0.1) is 0 Å². The molecule has 1 atom stereocenters. The summed E-state index contributed by atoms with van der Waals surface area (Å²) in [5.74, 6) is -11.0. The van der Waals surface area contributed by atoms with Gasteiger partial charge in [0.05, 0.1) is 71.3 Å². The molecule has 10 amide bonds. The minimum Gasteiger partial charge on any atom is -0.542 e. The van der Waals surface area contributed by atoms with Crippen LogP contribution in [0.25, 0.3) is 21.8 Å². The van der Waals surface area contributed by atoms with Gasteiger partial charge in [-0.15, -0.1) is 0 Å². The lowest BCUT2D eigenvalue weighted by molar-refractivity contribution is -0.403. The van der Waals surface area contributed by atoms with Crippen molar-refractivity contribution in [2.45, 2.75) is 31.2 Å². The predicted octanol–water partition coefficient (Wildman–Crippen LogP) is 1.56. The standard InChI is InChI=1S/C71H80N24O12.2C2HF3O2/c1-88-24-21-75-60(88)69(103)86-56-39-95(8)62(85-56)71(105)87-57-40-94(7)61(84-57)70(104)82-45-30-52(90(3)38-45)64(98)76-19-17-48(72)63(97)78-41-31-53(91(4)34-41)66(100)80-43-33-55(93(6)36-43)68(102)81-44-32-54(92(5)37-44)67(101)79-42-29-51(89(2)35-42)65(99)77-20-18-58(96)73-22-25-106-27-28-107-26-23-74-59-46-13-9-11-15-49(46)83-50-16-12-10-14-47(50)59;2*3-2(4,5)1(6)7/h9-16,21,24,29-40,48H,17-20,22-23,25-28,72H2,1-8H3,(H,73,96)(H,74,83)(H,76,98)(H,77,99)(H,78,97)(H,79,101)(H,80,100)(H,81,102)(H,82,104)(H,86,103)(H,87,105);2*(H,6,7)/t48-;;/m1../s1. The van der Waals surface area contributed by atoms with Crippen LogP contribution in [-0.4, -0.2) is 194 Å². The predicted molar refractivity (Wildman–Crippen MR) is 417 cm³/mol. The second kappa shape index (κ2) is 39.8. The molecule has 0 spiro atoms. The third-order valence-corrected chi connectivity index (χ3v) is 17.6. The summed E-state index contributed by atoms with van der Waals surface area (Å²) < 4.78 is 86.4. The number of para-hydroxylation sites is 2. The fourth-order valence-electron chi connectivity index (χ4n) is 11.7. The van der Waals surface area contributed by atoms with Crippen LogP contribution >= 0.6 is 0 Å². The largest absolute Gasteiger partial charge is 0.542 e. The molecule has 0 aliphatic carbocycles. The lowest BCUT2D eigenvalue weighted by Crippen LogP contribution is -2.67. The third kappa shape index (κ3) is 24.3. The SMILES string of the molecule is Cn1cc(NC(=O)c2cc(NC(=O)c3cc(NC(=O)c4cc(NC(=O)[C@H]([NH3+])CCNC(=O)c5cc(NC(=O)c6nc(NC(=O)c7nc(NC(=O)c8nccn8C)cn7C)cn6C)cn5C)cn4C)cn3C)cn2C)cc1C(=O)NCCC(=O)NCCOCCOCCNc1c2ccccc2[nH+]c2ccccc12.O=C([O-])C(F)(F)F.O=C([O-])C(F)(F)F. The number of quaternary nitrogens is 1. The summed E-state index contributed by atoms with van der Waals surface area (Å²) in [6.07, 6.45) is 3.48. The molecule has 15 N–H and O–H groups in total. The van der Waals surface area contributed by atoms with Crippen LogP contribution in [0.5, 0.6) is 0 Å². The Morgan fingerprint density at radius 3 is 1.20 bits per heavy atom. The van der Waals surface area contributed by atoms with Crippen molar-refractivity contribution in [3.63, 3.8) is 0 Å². The van der Waals surface area contributed by atoms with E-state index in [-0.39, 0.29) is 114 Å². The number of carbonyl (C=O) groups excluding carboxylic acids is 12. The molecule has 0 saturated carbocycles. The molecule has 0 aliphatic rings. The van der Waals surface area contributed by atoms with Crippen LogP contribution in [-0.2, 0) is 85.0 Å². The van der Waals surface area contributed by atoms with Crippen LogP contribution in [0.15, 0.2) is 135 Å². The number of nitrogens with zero attached hydrogens (tertiary/aromatic N) is 11. The van der Waals surface area contributed by atoms with Gasteiger partial charge < -0.3 is 130 Å². The van der Waals surface area contributed by atoms with Gasteiger partial charge in [0.25, 0.3) is 53.2 Å². The Labute approximate surface area is 681 Å². The molecule has 0 saturated heterocycles. The summed E-state index contributed by atoms with van der Waals surface area (Å²) in [4.78, 5) is 166. The van der Waals surface area contributed by atoms with Gasteiger partial charge in [0.1, 0.15) is 40.4 Å². The van der Waals surface area contributed by atoms with E-state index in [0.717, 1.165) is 27.5 Å². The van der Waals surface area contributed by atoms with Crippen LogP contribution < -0.4 is 79.4 Å². The van der Waals surface area contributed by atoms with E-state index in [9.17, 15) is 74.3 Å². The molecule has 9 aromatic heterocycles. The number of benzene rings is 2. The number of amides is 10. The number of aromatic amines is 1. The van der Waals surface area contributed by atoms with Gasteiger partial charge >= 0.3 is 12.4 Å². The van der Waals surface area contributed by atoms with E-state index >= 15 is 0 Å². The number of hydrogen-bond donors (Lipinski definition) is 12. The first-order chi connectivity index (χ1) is 57.2. The summed E-state index contributed by atoms with van der Waals surface area (Å²) >= 11 is 0. The van der Waals surface area contributed by atoms with Crippen molar-refractivity contribution in [1.29, 1.82) is 0 Å². The molecule has 640 valence electrons. The average molecular weight is 1690 g/mol. The van der Waals surface area contributed by atoms with Crippen molar-refractivity contribution < 1.29 is 114 Å². The lowest BCUT2D eigenvalue weighted by atomic mass is 10.1. The van der Waals surface area contributed by atoms with E-state index in [2.05, 4.69) is 108 Å². The topological polar surface area (TPSA) is 522 Å². The van der Waals surface area contributed by atoms with Gasteiger partial charge in [0.15, 0.2) is 23.5 Å². The number of rotatable bonds is 32. The van der Waals surface area contributed by atoms with E-state index in [1.807, 2.05) is 24.3 Å². The molecular weight excluding hydrogens is 1610 g/mol. The van der Waals surface area contributed by atoms with Gasteiger partial charge in [0, 0.05) is 163 Å². The molecule has 0 aliphatic heterocycles. The van der Waals surface area contributed by atoms with Crippen LogP contribution in [0.3, 0.4) is 0 Å². The number of fused-ring (bicyclic) bond motifs is 2. The first-order valence-electron chi connectivity index (χ1n) is 36.2. The number of pyridine rings is 1. The number of halogens is 6. The van der Waals surface area contributed by atoms with Gasteiger partial charge in [-0.25, -0.2) is 19.9 Å². The number of H-pyrrole nitrogens is 1. The van der Waals surface area contributed by atoms with Crippen molar-refractivity contribution in [3.8, 4) is 0 Å². The van der Waals surface area contributed by atoms with Gasteiger partial charge in [0.2, 0.25) is 28.6 Å². The smallest absolute Gasteiger partial charge is 0.430 e. The Hall–Kier alpha value is -15.0. The van der Waals surface area contributed by atoms with Gasteiger partial charge in [-0.05, 0) is 42.5 Å². The van der Waals surface area contributed by atoms with Crippen LogP contribution in [0.1, 0.15) is 97.1 Å². The first kappa shape index (κ1) is 90.0. The highest BCUT2D eigenvalue weighted by Gasteiger charge is 2.31. The third-order valence-electron chi connectivity index (χ3n) is 17.6. The number of aromatic nitrogens is 12. The van der Waals surface area contributed by atoms with Crippen molar-refractivity contribution in [2.24, 2.45) is 56.4 Å². The molecule has 0 fully saturated rings. The average Bonchev–Trinajstić information content (AvgIpc) is 1.72. The highest BCUT2D eigenvalue weighted by Crippen LogP contribution is 2.29. The van der Waals surface area contributed by atoms with E-state index in [1.165, 1.54) is 87.1 Å². The van der Waals surface area contributed by atoms with Crippen LogP contribution in [0.2, 0.25) is 0 Å². The minimum absolute atomic E-state index is 0.0301. The van der Waals surface area contributed by atoms with Crippen molar-refractivity contribution >= 4 is 139 Å². The maximum absolute atomic E-state index is 13.6. The second-order valence-corrected chi connectivity index (χ2v) is 26.7. The molecule has 2 aromatic carbocycles. The summed E-state index contributed by atoms with van der Waals surface area (Å²) in [5, 5.41) is 50.6. The molecule has 11 aromatic rings. The number of aliphatic carboxylic acids is 2. The maximum atomic E-state index is 13.6. The number of anilines is 8. The zero-order valence-corrected chi connectivity index (χ0v) is 65.8. The minimum atomic E-state index is -5.19. The van der Waals surface area contributed by atoms with Gasteiger partial charge in [-0.2, -0.15) is 26.3 Å². The summed E-state index contributed by atoms with van der Waals surface area (Å²) in [5.41, 5.74) is 9.51. The summed E-state index contributed by atoms with van der Waals surface area (Å²) in [6.45, 7) is 2.51. The lowest BCUT2D eigenvalue weighted by Gasteiger charge is -2.11. The molecule has 46 heteroatoms. The Morgan fingerprint density at radius 1 is 0.430 bits per heavy atom. The Bertz CT molecular complexity index is 5630. The molecule has 0 radical (unpaired) electrons. The zero-order valence-electron chi connectivity index (χ0n) is 65.8. The number of aryl methyl sites for hydroxylation is 8. The molecule has 121 heavy (non-hydrogen) atoms. The Kier molecular flexibility index (Phi) is 29.6. The quantitative estimate of drug-likeness (QED) is 0.0162. The fourth-order valence-corrected chi connectivity index (χ4v) is 11.7. The van der Waals surface area contributed by atoms with E-state index in [1.54, 1.807) is 91.9 Å². The highest BCUT2D eigenvalue weighted by atomic mass is 19.4. The Morgan fingerprint density at radius 2 is 0.793 bits per heavy atom. The van der Waals surface area contributed by atoms with Crippen molar-refractivity contribution in [2.75, 3.05) is 95.1 Å². The number of imidazole rings is 3. The number of carboxylic acids is 2. The monoisotopic (exact) mass is 1690 g/mol. The van der Waals surface area contributed by atoms with Gasteiger partial charge in [-0.1, -0.05) is 24.3 Å². The van der Waals surface area contributed by atoms with E-state index in [4.69, 9.17) is 29.3 Å². The highest BCUT2D eigenvalue weighted by molar-refractivity contribution is 6.11. The molecule has 40 nitrogen and oxygen atoms in total. The van der Waals surface area contributed by atoms with Crippen molar-refractivity contribution in [1.82, 2.24) is 67.4 Å². The normalized spacial score (nSPS) is 11.4. The van der Waals surface area contributed by atoms with Crippen molar-refractivity contribution in [3.05, 3.63) is 181 Å². The molecular formula is C75H82F6N24O16. The second-order valence-electron chi connectivity index (χ2n) is 26.7. The Balaban J connectivity index is 0.00000109. The molecule has 0 unspecified atom stereocenters. The molecule has 11 rings (SSSR count). The number of hydrogen-bond acceptors (Lipinski definition) is 20. The molecule has 0 bridgehead atoms. The first-order valence-corrected chi connectivity index (χ1v) is 36.2. The van der Waals surface area contributed by atoms with Gasteiger partial charge in [-0.3, -0.25) is 47.9 Å². The summed E-state index contributed by atoms with van der Waals surface area (Å²) in [7, 11) is 12.9. The summed E-state index contributed by atoms with van der Waals surface area (Å²) in [6, 6.07) is 22.8. The van der Waals surface area contributed by atoms with E-state index < -0.39 is 83.5 Å². The van der Waals surface area contributed by atoms with E-state index in [0.29, 0.717) is 43.4 Å². The van der Waals surface area contributed by atoms with Crippen LogP contribution in [0.4, 0.5) is 72.1 Å².